The lowest BCUT2D eigenvalue weighted by molar-refractivity contribution is -0.111. The van der Waals surface area contributed by atoms with Crippen molar-refractivity contribution in [3.63, 3.8) is 0 Å². The highest BCUT2D eigenvalue weighted by Gasteiger charge is 2.26. The topological polar surface area (TPSA) is 66.5 Å². The van der Waals surface area contributed by atoms with E-state index in [0.29, 0.717) is 18.7 Å². The highest BCUT2D eigenvalue weighted by molar-refractivity contribution is 7.92. The summed E-state index contributed by atoms with van der Waals surface area (Å²) in [4.78, 5) is 13.1. The van der Waals surface area contributed by atoms with Crippen LogP contribution in [0.15, 0.2) is 41.8 Å². The Morgan fingerprint density at radius 2 is 2.19 bits per heavy atom. The van der Waals surface area contributed by atoms with Crippen molar-refractivity contribution >= 4 is 44.7 Å². The number of carbonyl (C=O) groups excluding carboxylic acids is 1. The van der Waals surface area contributed by atoms with Crippen LogP contribution in [0.5, 0.6) is 0 Å². The van der Waals surface area contributed by atoms with Crippen LogP contribution in [0.25, 0.3) is 6.08 Å². The lowest BCUT2D eigenvalue weighted by Crippen LogP contribution is -2.37. The number of nitrogens with one attached hydrogen (secondary N) is 1. The minimum Gasteiger partial charge on any atom is -0.323 e. The summed E-state index contributed by atoms with van der Waals surface area (Å²) in [7, 11) is -3.28. The van der Waals surface area contributed by atoms with Gasteiger partial charge in [-0.1, -0.05) is 13.0 Å². The Bertz CT molecular complexity index is 903. The van der Waals surface area contributed by atoms with E-state index in [4.69, 9.17) is 0 Å². The van der Waals surface area contributed by atoms with Crippen LogP contribution < -0.4 is 9.62 Å². The summed E-state index contributed by atoms with van der Waals surface area (Å²) >= 11 is 1.57. The van der Waals surface area contributed by atoms with Crippen LogP contribution >= 0.6 is 11.3 Å². The smallest absolute Gasteiger partial charge is 0.248 e. The third-order valence-corrected chi connectivity index (χ3v) is 6.98. The Kier molecular flexibility index (Phi) is 5.78. The first-order chi connectivity index (χ1) is 12.5. The molecule has 7 heteroatoms. The van der Waals surface area contributed by atoms with Crippen LogP contribution in [0.1, 0.15) is 30.2 Å². The molecule has 1 amide bonds. The highest BCUT2D eigenvalue weighted by Crippen LogP contribution is 2.32. The molecule has 0 fully saturated rings. The number of aryl methyl sites for hydroxylation is 1. The number of benzene rings is 1. The number of thiophene rings is 1. The van der Waals surface area contributed by atoms with Gasteiger partial charge in [-0.25, -0.2) is 8.42 Å². The first-order valence-electron chi connectivity index (χ1n) is 8.65. The van der Waals surface area contributed by atoms with Gasteiger partial charge in [-0.2, -0.15) is 0 Å². The van der Waals surface area contributed by atoms with Crippen molar-refractivity contribution in [2.45, 2.75) is 26.2 Å². The molecule has 1 aromatic carbocycles. The van der Waals surface area contributed by atoms with Crippen molar-refractivity contribution in [2.75, 3.05) is 21.9 Å². The van der Waals surface area contributed by atoms with Crippen molar-refractivity contribution < 1.29 is 13.2 Å². The maximum atomic E-state index is 12.5. The number of rotatable bonds is 6. The zero-order valence-corrected chi connectivity index (χ0v) is 16.3. The number of amides is 1. The SMILES string of the molecule is CCCS(=O)(=O)N1CCCc2cc(NC(=O)/C=C/c3cccs3)ccc21. The number of hydrogen-bond donors (Lipinski definition) is 1. The van der Waals surface area contributed by atoms with E-state index in [2.05, 4.69) is 5.32 Å². The van der Waals surface area contributed by atoms with Crippen molar-refractivity contribution in [2.24, 2.45) is 0 Å². The second-order valence-corrected chi connectivity index (χ2v) is 9.17. The molecule has 1 aliphatic heterocycles. The predicted octanol–water partition coefficient (Wildman–Crippen LogP) is 3.89. The molecule has 1 aliphatic rings. The molecule has 0 spiro atoms. The number of hydrogen-bond acceptors (Lipinski definition) is 4. The third-order valence-electron chi connectivity index (χ3n) is 4.16. The second-order valence-electron chi connectivity index (χ2n) is 6.17. The van der Waals surface area contributed by atoms with E-state index in [1.807, 2.05) is 30.5 Å². The summed E-state index contributed by atoms with van der Waals surface area (Å²) in [6, 6.07) is 9.30. The predicted molar refractivity (Wildman–Crippen MR) is 108 cm³/mol. The number of sulfonamides is 1. The molecule has 5 nitrogen and oxygen atoms in total. The summed E-state index contributed by atoms with van der Waals surface area (Å²) < 4.78 is 26.4. The minimum absolute atomic E-state index is 0.151. The van der Waals surface area contributed by atoms with Crippen LogP contribution in [0.4, 0.5) is 11.4 Å². The fraction of sp³-hybridized carbons (Fsp3) is 0.316. The standard InChI is InChI=1S/C19H22N2O3S2/c1-2-13-26(23,24)21-11-3-5-15-14-16(7-9-18(15)21)20-19(22)10-8-17-6-4-12-25-17/h4,6-10,12,14H,2-3,5,11,13H2,1H3,(H,20,22)/b10-8+. The maximum absolute atomic E-state index is 12.5. The Labute approximate surface area is 158 Å². The van der Waals surface area contributed by atoms with Crippen LogP contribution in [0.3, 0.4) is 0 Å². The largest absolute Gasteiger partial charge is 0.323 e. The first-order valence-corrected chi connectivity index (χ1v) is 11.1. The number of fused-ring (bicyclic) bond motifs is 1. The summed E-state index contributed by atoms with van der Waals surface area (Å²) in [6.45, 7) is 2.38. The quantitative estimate of drug-likeness (QED) is 0.761. The van der Waals surface area contributed by atoms with E-state index in [0.717, 1.165) is 29.0 Å². The summed E-state index contributed by atoms with van der Waals surface area (Å²) in [5.74, 6) is -0.0528. The molecule has 1 N–H and O–H groups in total. The summed E-state index contributed by atoms with van der Waals surface area (Å²) in [5, 5.41) is 4.80. The van der Waals surface area contributed by atoms with Crippen molar-refractivity contribution in [1.82, 2.24) is 0 Å². The van der Waals surface area contributed by atoms with Gasteiger partial charge in [0.2, 0.25) is 15.9 Å². The van der Waals surface area contributed by atoms with E-state index in [1.165, 1.54) is 10.4 Å². The van der Waals surface area contributed by atoms with E-state index >= 15 is 0 Å². The number of carbonyl (C=O) groups is 1. The van der Waals surface area contributed by atoms with E-state index in [1.54, 1.807) is 29.5 Å². The molecule has 0 radical (unpaired) electrons. The van der Waals surface area contributed by atoms with E-state index < -0.39 is 10.0 Å². The number of nitrogens with zero attached hydrogens (tertiary/aromatic N) is 1. The average Bonchev–Trinajstić information content (AvgIpc) is 3.13. The molecular formula is C19H22N2O3S2. The van der Waals surface area contributed by atoms with Crippen LogP contribution in [-0.2, 0) is 21.2 Å². The normalized spacial score (nSPS) is 14.4. The Hall–Kier alpha value is -2.12. The second kappa shape index (κ2) is 8.05. The number of anilines is 2. The van der Waals surface area contributed by atoms with E-state index in [-0.39, 0.29) is 11.7 Å². The monoisotopic (exact) mass is 390 g/mol. The molecular weight excluding hydrogens is 368 g/mol. The van der Waals surface area contributed by atoms with Crippen molar-refractivity contribution in [1.29, 1.82) is 0 Å². The fourth-order valence-corrected chi connectivity index (χ4v) is 5.26. The van der Waals surface area contributed by atoms with Gasteiger partial charge in [0.15, 0.2) is 0 Å². The van der Waals surface area contributed by atoms with Gasteiger partial charge in [0.1, 0.15) is 0 Å². The van der Waals surface area contributed by atoms with Crippen molar-refractivity contribution in [3.8, 4) is 0 Å². The molecule has 2 aromatic rings. The van der Waals surface area contributed by atoms with Gasteiger partial charge in [-0.15, -0.1) is 11.3 Å². The fourth-order valence-electron chi connectivity index (χ4n) is 3.03. The summed E-state index contributed by atoms with van der Waals surface area (Å²) in [5.41, 5.74) is 2.37. The van der Waals surface area contributed by atoms with Crippen LogP contribution in [0, 0.1) is 0 Å². The van der Waals surface area contributed by atoms with Crippen molar-refractivity contribution in [3.05, 3.63) is 52.2 Å². The van der Waals surface area contributed by atoms with Gasteiger partial charge in [-0.05, 0) is 60.5 Å². The minimum atomic E-state index is -3.28. The van der Waals surface area contributed by atoms with Gasteiger partial charge in [0.05, 0.1) is 11.4 Å². The van der Waals surface area contributed by atoms with Gasteiger partial charge in [0.25, 0.3) is 0 Å². The maximum Gasteiger partial charge on any atom is 0.248 e. The average molecular weight is 391 g/mol. The third kappa shape index (κ3) is 4.34. The first kappa shape index (κ1) is 18.7. The zero-order chi connectivity index (χ0) is 18.6. The molecule has 0 saturated carbocycles. The lowest BCUT2D eigenvalue weighted by Gasteiger charge is -2.30. The lowest BCUT2D eigenvalue weighted by atomic mass is 10.0. The molecule has 138 valence electrons. The Balaban J connectivity index is 1.75. The van der Waals surface area contributed by atoms with Gasteiger partial charge >= 0.3 is 0 Å². The molecule has 26 heavy (non-hydrogen) atoms. The van der Waals surface area contributed by atoms with E-state index in [9.17, 15) is 13.2 Å². The molecule has 0 bridgehead atoms. The van der Waals surface area contributed by atoms with Gasteiger partial charge in [-0.3, -0.25) is 9.10 Å². The summed E-state index contributed by atoms with van der Waals surface area (Å²) in [6.07, 6.45) is 5.47. The molecule has 1 aromatic heterocycles. The van der Waals surface area contributed by atoms with Gasteiger partial charge < -0.3 is 5.32 Å². The van der Waals surface area contributed by atoms with Crippen LogP contribution in [0.2, 0.25) is 0 Å². The molecule has 0 saturated heterocycles. The molecule has 0 atom stereocenters. The Morgan fingerprint density at radius 1 is 1.35 bits per heavy atom. The molecule has 0 aliphatic carbocycles. The molecule has 3 rings (SSSR count). The zero-order valence-electron chi connectivity index (χ0n) is 14.6. The Morgan fingerprint density at radius 3 is 2.92 bits per heavy atom. The van der Waals surface area contributed by atoms with Crippen LogP contribution in [-0.4, -0.2) is 26.6 Å². The molecule has 0 unspecified atom stereocenters. The highest BCUT2D eigenvalue weighted by atomic mass is 32.2. The van der Waals surface area contributed by atoms with Gasteiger partial charge in [0, 0.05) is 23.2 Å². The molecule has 2 heterocycles.